The largest absolute Gasteiger partial charge is 0.395 e. The van der Waals surface area contributed by atoms with Crippen molar-refractivity contribution in [2.75, 3.05) is 6.61 Å². The molecule has 0 aromatic carbocycles. The van der Waals surface area contributed by atoms with Crippen molar-refractivity contribution in [3.8, 4) is 0 Å². The van der Waals surface area contributed by atoms with Gasteiger partial charge in [0.15, 0.2) is 23.6 Å². The number of ketones is 2. The number of ether oxygens (including phenoxy) is 2. The lowest BCUT2D eigenvalue weighted by Gasteiger charge is -2.68. The highest BCUT2D eigenvalue weighted by molar-refractivity contribution is 6.16. The van der Waals surface area contributed by atoms with E-state index in [0.29, 0.717) is 24.7 Å². The lowest BCUT2D eigenvalue weighted by Crippen LogP contribution is -2.78. The minimum atomic E-state index is -1.48. The minimum Gasteiger partial charge on any atom is -0.395 e. The molecule has 7 heteroatoms. The van der Waals surface area contributed by atoms with Crippen molar-refractivity contribution in [3.63, 3.8) is 0 Å². The van der Waals surface area contributed by atoms with E-state index in [-0.39, 0.29) is 17.3 Å². The Balaban J connectivity index is 1.84. The van der Waals surface area contributed by atoms with E-state index in [1.54, 1.807) is 19.9 Å². The number of Topliss-reactive ketones (excluding diaryl/α,β-unsaturated/α-hetero) is 2. The molecule has 0 aromatic rings. The van der Waals surface area contributed by atoms with Crippen LogP contribution < -0.4 is 0 Å². The summed E-state index contributed by atoms with van der Waals surface area (Å²) in [6.07, 6.45) is 0.459. The average Bonchev–Trinajstić information content (AvgIpc) is 2.82. The topological polar surface area (TPSA) is 110 Å². The molecule has 3 saturated carbocycles. The van der Waals surface area contributed by atoms with E-state index in [0.717, 1.165) is 0 Å². The summed E-state index contributed by atoms with van der Waals surface area (Å²) >= 11 is 0. The Hall–Kier alpha value is -1.67. The number of allylic oxidation sites excluding steroid dienone is 2. The summed E-state index contributed by atoms with van der Waals surface area (Å²) in [5.74, 6) is -3.36. The Labute approximate surface area is 181 Å². The van der Waals surface area contributed by atoms with Crippen molar-refractivity contribution in [1.29, 1.82) is 0 Å². The fourth-order valence-corrected chi connectivity index (χ4v) is 8.09. The zero-order valence-corrected chi connectivity index (χ0v) is 18.4. The molecule has 1 aliphatic heterocycles. The molecule has 168 valence electrons. The molecule has 4 aliphatic carbocycles. The highest BCUT2D eigenvalue weighted by atomic mass is 16.7. The maximum Gasteiger partial charge on any atom is 0.175 e. The summed E-state index contributed by atoms with van der Waals surface area (Å²) in [6.45, 7) is 10.7. The minimum absolute atomic E-state index is 0.0155. The van der Waals surface area contributed by atoms with Gasteiger partial charge >= 0.3 is 0 Å². The SMILES string of the molecule is C=C1C(=O)C23C4OC(C)(C)OC2C(O)C2C(C)(C)C=C(C=O)C(=O)C2(CO)C3CCC14. The number of carbonyl (C=O) groups is 3. The summed E-state index contributed by atoms with van der Waals surface area (Å²) in [6, 6.07) is 0. The lowest BCUT2D eigenvalue weighted by molar-refractivity contribution is -0.394. The molecule has 7 nitrogen and oxygen atoms in total. The second-order valence-electron chi connectivity index (χ2n) is 11.0. The fraction of sp³-hybridized carbons (Fsp3) is 0.708. The van der Waals surface area contributed by atoms with E-state index in [1.807, 2.05) is 13.8 Å². The predicted octanol–water partition coefficient (Wildman–Crippen LogP) is 1.36. The van der Waals surface area contributed by atoms with Crippen molar-refractivity contribution in [2.24, 2.45) is 34.0 Å². The summed E-state index contributed by atoms with van der Waals surface area (Å²) in [5.41, 5.74) is -3.16. The number of hydrogen-bond acceptors (Lipinski definition) is 7. The number of rotatable bonds is 2. The van der Waals surface area contributed by atoms with Crippen LogP contribution in [0.5, 0.6) is 0 Å². The number of aldehydes is 1. The summed E-state index contributed by atoms with van der Waals surface area (Å²) < 4.78 is 12.6. The van der Waals surface area contributed by atoms with Gasteiger partial charge in [0, 0.05) is 11.8 Å². The van der Waals surface area contributed by atoms with E-state index < -0.39 is 64.6 Å². The van der Waals surface area contributed by atoms with Gasteiger partial charge in [0.2, 0.25) is 0 Å². The third-order valence-electron chi connectivity index (χ3n) is 8.84. The molecule has 0 aromatic heterocycles. The van der Waals surface area contributed by atoms with E-state index >= 15 is 0 Å². The maximum absolute atomic E-state index is 13.8. The van der Waals surface area contributed by atoms with Crippen LogP contribution in [0.2, 0.25) is 0 Å². The van der Waals surface area contributed by atoms with Crippen molar-refractivity contribution >= 4 is 17.9 Å². The van der Waals surface area contributed by atoms with Gasteiger partial charge in [-0.25, -0.2) is 0 Å². The maximum atomic E-state index is 13.8. The molecule has 2 N–H and O–H groups in total. The third kappa shape index (κ3) is 2.16. The molecule has 0 amide bonds. The molecule has 2 bridgehead atoms. The Morgan fingerprint density at radius 2 is 1.77 bits per heavy atom. The number of fused-ring (bicyclic) bond motifs is 2. The first-order valence-electron chi connectivity index (χ1n) is 11.0. The first-order chi connectivity index (χ1) is 14.4. The van der Waals surface area contributed by atoms with Gasteiger partial charge in [0.05, 0.1) is 35.2 Å². The van der Waals surface area contributed by atoms with Crippen molar-refractivity contribution in [1.82, 2.24) is 0 Å². The van der Waals surface area contributed by atoms with Gasteiger partial charge in [-0.05, 0) is 43.6 Å². The molecule has 8 unspecified atom stereocenters. The molecule has 4 fully saturated rings. The van der Waals surface area contributed by atoms with Crippen LogP contribution in [0, 0.1) is 34.0 Å². The van der Waals surface area contributed by atoms with E-state index in [2.05, 4.69) is 6.58 Å². The van der Waals surface area contributed by atoms with E-state index in [9.17, 15) is 24.6 Å². The van der Waals surface area contributed by atoms with Gasteiger partial charge in [-0.1, -0.05) is 26.5 Å². The molecule has 5 rings (SSSR count). The molecule has 31 heavy (non-hydrogen) atoms. The van der Waals surface area contributed by atoms with Crippen molar-refractivity contribution in [3.05, 3.63) is 23.8 Å². The first kappa shape index (κ1) is 21.2. The van der Waals surface area contributed by atoms with Crippen LogP contribution in [-0.4, -0.2) is 58.8 Å². The molecule has 0 radical (unpaired) electrons. The molecule has 1 saturated heterocycles. The fourth-order valence-electron chi connectivity index (χ4n) is 8.09. The molecular weight excluding hydrogens is 400 g/mol. The molecule has 5 aliphatic rings. The summed E-state index contributed by atoms with van der Waals surface area (Å²) in [5, 5.41) is 22.6. The first-order valence-corrected chi connectivity index (χ1v) is 11.0. The highest BCUT2D eigenvalue weighted by Gasteiger charge is 2.81. The number of carbonyl (C=O) groups excluding carboxylic acids is 3. The third-order valence-corrected chi connectivity index (χ3v) is 8.84. The average molecular weight is 430 g/mol. The second-order valence-corrected chi connectivity index (χ2v) is 11.0. The van der Waals surface area contributed by atoms with Gasteiger partial charge in [-0.3, -0.25) is 14.4 Å². The second kappa shape index (κ2) is 6.01. The van der Waals surface area contributed by atoms with Gasteiger partial charge in [0.25, 0.3) is 0 Å². The zero-order chi connectivity index (χ0) is 22.7. The van der Waals surface area contributed by atoms with Gasteiger partial charge in [-0.2, -0.15) is 0 Å². The Morgan fingerprint density at radius 3 is 2.39 bits per heavy atom. The van der Waals surface area contributed by atoms with Crippen LogP contribution in [0.3, 0.4) is 0 Å². The van der Waals surface area contributed by atoms with Crippen LogP contribution in [0.15, 0.2) is 23.8 Å². The predicted molar refractivity (Wildman–Crippen MR) is 109 cm³/mol. The lowest BCUT2D eigenvalue weighted by atomic mass is 9.38. The van der Waals surface area contributed by atoms with Crippen LogP contribution in [0.4, 0.5) is 0 Å². The smallest absolute Gasteiger partial charge is 0.175 e. The van der Waals surface area contributed by atoms with Gasteiger partial charge in [-0.15, -0.1) is 0 Å². The number of aliphatic hydroxyl groups excluding tert-OH is 2. The highest BCUT2D eigenvalue weighted by Crippen LogP contribution is 2.72. The Kier molecular flexibility index (Phi) is 4.11. The molecule has 1 heterocycles. The van der Waals surface area contributed by atoms with Crippen LogP contribution in [0.25, 0.3) is 0 Å². The number of aliphatic hydroxyl groups is 2. The van der Waals surface area contributed by atoms with Gasteiger partial charge < -0.3 is 19.7 Å². The molecule has 1 spiro atoms. The normalized spacial score (nSPS) is 49.2. The van der Waals surface area contributed by atoms with Crippen LogP contribution in [-0.2, 0) is 23.9 Å². The number of hydrogen-bond donors (Lipinski definition) is 2. The Morgan fingerprint density at radius 1 is 1.13 bits per heavy atom. The van der Waals surface area contributed by atoms with Gasteiger partial charge in [0.1, 0.15) is 6.10 Å². The standard InChI is InChI=1S/C24H30O7/c1-11-13-6-7-14-23(10-26)16(21(2,3)8-12(9-25)18(23)29)15(27)20-24(14,17(11)28)19(13)30-22(4,5)31-20/h8-9,13-16,19-20,26-27H,1,6-7,10H2,2-5H3. The van der Waals surface area contributed by atoms with Crippen LogP contribution in [0.1, 0.15) is 40.5 Å². The quantitative estimate of drug-likeness (QED) is 0.387. The van der Waals surface area contributed by atoms with E-state index in [4.69, 9.17) is 9.47 Å². The molecular formula is C24H30O7. The summed E-state index contributed by atoms with van der Waals surface area (Å²) in [7, 11) is 0. The Bertz CT molecular complexity index is 946. The van der Waals surface area contributed by atoms with E-state index in [1.165, 1.54) is 0 Å². The molecule has 8 atom stereocenters. The monoisotopic (exact) mass is 430 g/mol. The van der Waals surface area contributed by atoms with Crippen molar-refractivity contribution in [2.45, 2.75) is 64.6 Å². The van der Waals surface area contributed by atoms with Crippen LogP contribution >= 0.6 is 0 Å². The van der Waals surface area contributed by atoms with Crippen molar-refractivity contribution < 1.29 is 34.1 Å². The zero-order valence-electron chi connectivity index (χ0n) is 18.4. The summed E-state index contributed by atoms with van der Waals surface area (Å²) in [4.78, 5) is 39.4.